The number of likely N-dealkylation sites (tertiary alicyclic amines) is 1. The molecule has 4 rings (SSSR count). The minimum Gasteiger partial charge on any atom is -0.507 e. The molecule has 3 aromatic carbocycles. The molecule has 1 heterocycles. The van der Waals surface area contributed by atoms with Crippen molar-refractivity contribution in [3.8, 4) is 5.75 Å². The number of ketones is 1. The average Bonchev–Trinajstić information content (AvgIpc) is 3.19. The van der Waals surface area contributed by atoms with Crippen LogP contribution in [0.3, 0.4) is 0 Å². The Hall–Kier alpha value is -4.43. The lowest BCUT2D eigenvalue weighted by molar-refractivity contribution is -0.140. The fourth-order valence-electron chi connectivity index (χ4n) is 4.52. The summed E-state index contributed by atoms with van der Waals surface area (Å²) >= 11 is 0. The maximum atomic E-state index is 13.2. The van der Waals surface area contributed by atoms with Crippen molar-refractivity contribution in [2.24, 2.45) is 0 Å². The van der Waals surface area contributed by atoms with Crippen LogP contribution in [0.4, 0.5) is 0 Å². The summed E-state index contributed by atoms with van der Waals surface area (Å²) in [5.41, 5.74) is 3.51. The molecular formula is C31H32N2O6. The zero-order chi connectivity index (χ0) is 28.1. The molecule has 0 radical (unpaired) electrons. The van der Waals surface area contributed by atoms with Crippen molar-refractivity contribution in [2.75, 3.05) is 34.3 Å². The number of methoxy groups -OCH3 is 1. The van der Waals surface area contributed by atoms with Gasteiger partial charge in [0.1, 0.15) is 18.1 Å². The lowest BCUT2D eigenvalue weighted by Crippen LogP contribution is -2.35. The van der Waals surface area contributed by atoms with Gasteiger partial charge in [-0.25, -0.2) is 4.79 Å². The first-order valence-electron chi connectivity index (χ1n) is 12.6. The number of carbonyl (C=O) groups excluding carboxylic acids is 3. The van der Waals surface area contributed by atoms with Crippen molar-refractivity contribution < 1.29 is 29.0 Å². The van der Waals surface area contributed by atoms with Gasteiger partial charge in [-0.3, -0.25) is 9.59 Å². The number of aliphatic hydroxyl groups excluding tert-OH is 1. The molecule has 0 unspecified atom stereocenters. The van der Waals surface area contributed by atoms with E-state index in [-0.39, 0.29) is 17.9 Å². The van der Waals surface area contributed by atoms with Gasteiger partial charge >= 0.3 is 5.97 Å². The van der Waals surface area contributed by atoms with E-state index in [1.807, 2.05) is 50.2 Å². The van der Waals surface area contributed by atoms with E-state index >= 15 is 0 Å². The Morgan fingerprint density at radius 2 is 1.64 bits per heavy atom. The number of esters is 1. The van der Waals surface area contributed by atoms with Crippen molar-refractivity contribution in [2.45, 2.75) is 19.6 Å². The van der Waals surface area contributed by atoms with Crippen LogP contribution in [0.1, 0.15) is 38.7 Å². The third kappa shape index (κ3) is 6.18. The molecule has 0 spiro atoms. The second kappa shape index (κ2) is 12.0. The van der Waals surface area contributed by atoms with Gasteiger partial charge in [0.15, 0.2) is 0 Å². The number of likely N-dealkylation sites (N-methyl/N-ethyl adjacent to an activating group) is 1. The Morgan fingerprint density at radius 1 is 0.974 bits per heavy atom. The van der Waals surface area contributed by atoms with Gasteiger partial charge in [0.25, 0.3) is 11.7 Å². The highest BCUT2D eigenvalue weighted by Crippen LogP contribution is 2.39. The fourth-order valence-corrected chi connectivity index (χ4v) is 4.52. The van der Waals surface area contributed by atoms with E-state index in [9.17, 15) is 19.5 Å². The highest BCUT2D eigenvalue weighted by atomic mass is 16.5. The molecule has 1 N–H and O–H groups in total. The summed E-state index contributed by atoms with van der Waals surface area (Å²) in [6.07, 6.45) is 0. The Bertz CT molecular complexity index is 1390. The number of amides is 1. The van der Waals surface area contributed by atoms with Gasteiger partial charge < -0.3 is 24.4 Å². The number of nitrogens with zero attached hydrogens (tertiary/aromatic N) is 2. The Morgan fingerprint density at radius 3 is 2.26 bits per heavy atom. The van der Waals surface area contributed by atoms with Crippen molar-refractivity contribution >= 4 is 23.4 Å². The second-order valence-electron chi connectivity index (χ2n) is 9.71. The number of hydrogen-bond donors (Lipinski definition) is 1. The van der Waals surface area contributed by atoms with Crippen LogP contribution in [0.5, 0.6) is 5.75 Å². The summed E-state index contributed by atoms with van der Waals surface area (Å²) < 4.78 is 10.7. The van der Waals surface area contributed by atoms with Gasteiger partial charge in [-0.05, 0) is 68.5 Å². The first kappa shape index (κ1) is 27.6. The molecule has 1 saturated heterocycles. The Kier molecular flexibility index (Phi) is 8.46. The molecule has 1 atom stereocenters. The van der Waals surface area contributed by atoms with E-state index < -0.39 is 23.7 Å². The largest absolute Gasteiger partial charge is 0.507 e. The number of benzene rings is 3. The van der Waals surface area contributed by atoms with Gasteiger partial charge in [0.05, 0.1) is 24.3 Å². The molecule has 39 heavy (non-hydrogen) atoms. The van der Waals surface area contributed by atoms with Gasteiger partial charge in [-0.1, -0.05) is 42.0 Å². The van der Waals surface area contributed by atoms with Crippen LogP contribution < -0.4 is 4.74 Å². The van der Waals surface area contributed by atoms with E-state index in [0.29, 0.717) is 35.6 Å². The van der Waals surface area contributed by atoms with Gasteiger partial charge in [0, 0.05) is 18.7 Å². The Balaban J connectivity index is 1.66. The normalized spacial score (nSPS) is 16.5. The van der Waals surface area contributed by atoms with Gasteiger partial charge in [-0.15, -0.1) is 0 Å². The molecule has 0 bridgehead atoms. The van der Waals surface area contributed by atoms with E-state index in [1.54, 1.807) is 48.5 Å². The third-order valence-electron chi connectivity index (χ3n) is 6.59. The summed E-state index contributed by atoms with van der Waals surface area (Å²) in [6.45, 7) is 3.22. The lowest BCUT2D eigenvalue weighted by atomic mass is 9.94. The molecule has 0 saturated carbocycles. The minimum atomic E-state index is -0.811. The van der Waals surface area contributed by atoms with Crippen LogP contribution in [-0.4, -0.2) is 66.9 Å². The smallest absolute Gasteiger partial charge is 0.337 e. The van der Waals surface area contributed by atoms with Crippen molar-refractivity contribution in [3.63, 3.8) is 0 Å². The molecule has 0 aromatic heterocycles. The molecule has 202 valence electrons. The predicted octanol–water partition coefficient (Wildman–Crippen LogP) is 4.34. The number of aliphatic hydroxyl groups is 1. The monoisotopic (exact) mass is 528 g/mol. The van der Waals surface area contributed by atoms with Crippen molar-refractivity contribution in [1.82, 2.24) is 9.80 Å². The third-order valence-corrected chi connectivity index (χ3v) is 6.59. The summed E-state index contributed by atoms with van der Waals surface area (Å²) in [5, 5.41) is 11.3. The number of rotatable bonds is 9. The number of hydrogen-bond acceptors (Lipinski definition) is 7. The molecule has 8 nitrogen and oxygen atoms in total. The molecule has 0 aliphatic carbocycles. The summed E-state index contributed by atoms with van der Waals surface area (Å²) in [7, 11) is 5.05. The van der Waals surface area contributed by atoms with Crippen LogP contribution in [0, 0.1) is 6.92 Å². The maximum absolute atomic E-state index is 13.2. The molecule has 1 amide bonds. The highest BCUT2D eigenvalue weighted by molar-refractivity contribution is 6.46. The van der Waals surface area contributed by atoms with Crippen molar-refractivity contribution in [3.05, 3.63) is 106 Å². The first-order valence-corrected chi connectivity index (χ1v) is 12.6. The molecule has 1 aliphatic rings. The van der Waals surface area contributed by atoms with E-state index in [4.69, 9.17) is 9.47 Å². The molecular weight excluding hydrogens is 496 g/mol. The summed E-state index contributed by atoms with van der Waals surface area (Å²) in [5.74, 6) is -1.60. The van der Waals surface area contributed by atoms with Crippen molar-refractivity contribution in [1.29, 1.82) is 0 Å². The molecule has 8 heteroatoms. The van der Waals surface area contributed by atoms with Crippen LogP contribution in [0.15, 0.2) is 78.4 Å². The summed E-state index contributed by atoms with van der Waals surface area (Å²) in [6, 6.07) is 20.5. The van der Waals surface area contributed by atoms with E-state index in [1.165, 1.54) is 12.0 Å². The minimum absolute atomic E-state index is 0.00185. The quantitative estimate of drug-likeness (QED) is 0.191. The molecule has 3 aromatic rings. The maximum Gasteiger partial charge on any atom is 0.337 e. The van der Waals surface area contributed by atoms with E-state index in [0.717, 1.165) is 11.1 Å². The van der Waals surface area contributed by atoms with Gasteiger partial charge in [-0.2, -0.15) is 0 Å². The number of ether oxygens (including phenoxy) is 2. The molecule has 1 fully saturated rings. The standard InChI is InChI=1S/C31H32N2O6/c1-20-6-5-7-21(18-20)19-39-25-14-12-23(13-15-25)28(34)26-27(22-8-10-24(11-9-22)31(37)38-4)33(17-16-32(2)3)30(36)29(26)35/h5-15,18,27,34H,16-17,19H2,1-4H3/b28-26+/t27-/m1/s1. The zero-order valence-electron chi connectivity index (χ0n) is 22.5. The van der Waals surface area contributed by atoms with Crippen LogP contribution >= 0.6 is 0 Å². The lowest BCUT2D eigenvalue weighted by Gasteiger charge is -2.26. The van der Waals surface area contributed by atoms with Crippen LogP contribution in [-0.2, 0) is 20.9 Å². The fraction of sp³-hybridized carbons (Fsp3) is 0.258. The number of aryl methyl sites for hydroxylation is 1. The van der Waals surface area contributed by atoms with Gasteiger partial charge in [0.2, 0.25) is 0 Å². The first-order chi connectivity index (χ1) is 18.7. The van der Waals surface area contributed by atoms with Crippen LogP contribution in [0.2, 0.25) is 0 Å². The number of Topliss-reactive ketones (excluding diaryl/α,β-unsaturated/α-hetero) is 1. The predicted molar refractivity (Wildman–Crippen MR) is 147 cm³/mol. The Labute approximate surface area is 228 Å². The zero-order valence-corrected chi connectivity index (χ0v) is 22.5. The van der Waals surface area contributed by atoms with E-state index in [2.05, 4.69) is 0 Å². The SMILES string of the molecule is COC(=O)c1ccc([C@@H]2/C(=C(\O)c3ccc(OCc4cccc(C)c4)cc3)C(=O)C(=O)N2CCN(C)C)cc1. The number of carbonyl (C=O) groups is 3. The topological polar surface area (TPSA) is 96.4 Å². The highest BCUT2D eigenvalue weighted by Gasteiger charge is 2.45. The molecule has 1 aliphatic heterocycles. The second-order valence-corrected chi connectivity index (χ2v) is 9.71. The summed E-state index contributed by atoms with van der Waals surface area (Å²) in [4.78, 5) is 41.6. The van der Waals surface area contributed by atoms with Crippen LogP contribution in [0.25, 0.3) is 5.76 Å². The average molecular weight is 529 g/mol.